The fourth-order valence-electron chi connectivity index (χ4n) is 2.60. The van der Waals surface area contributed by atoms with Crippen LogP contribution in [0.15, 0.2) is 77.8 Å². The normalized spacial score (nSPS) is 15.5. The number of esters is 2. The van der Waals surface area contributed by atoms with Crippen LogP contribution in [0, 0.1) is 0 Å². The van der Waals surface area contributed by atoms with Crippen LogP contribution in [0.1, 0.15) is 18.1 Å². The Balaban J connectivity index is 2.03. The molecule has 0 atom stereocenters. The summed E-state index contributed by atoms with van der Waals surface area (Å²) in [6.45, 7) is 1.85. The molecule has 0 spiro atoms. The molecule has 5 nitrogen and oxygen atoms in total. The summed E-state index contributed by atoms with van der Waals surface area (Å²) in [5.41, 5.74) is 1.98. The van der Waals surface area contributed by atoms with Gasteiger partial charge in [0.2, 0.25) is 0 Å². The topological polar surface area (TPSA) is 61.8 Å². The van der Waals surface area contributed by atoms with E-state index in [-0.39, 0.29) is 23.7 Å². The van der Waals surface area contributed by atoms with Crippen molar-refractivity contribution in [2.75, 3.05) is 7.11 Å². The molecule has 132 valence electrons. The van der Waals surface area contributed by atoms with Crippen molar-refractivity contribution in [2.24, 2.45) is 0 Å². The summed E-state index contributed by atoms with van der Waals surface area (Å²) in [7, 11) is 1.28. The van der Waals surface area contributed by atoms with E-state index in [1.54, 1.807) is 31.2 Å². The Bertz CT molecular complexity index is 879. The van der Waals surface area contributed by atoms with Gasteiger partial charge in [-0.1, -0.05) is 60.7 Å². The summed E-state index contributed by atoms with van der Waals surface area (Å²) in [6, 6.07) is 18.4. The summed E-state index contributed by atoms with van der Waals surface area (Å²) in [5.74, 6) is -0.806. The van der Waals surface area contributed by atoms with Crippen molar-refractivity contribution in [3.63, 3.8) is 0 Å². The van der Waals surface area contributed by atoms with E-state index in [9.17, 15) is 9.59 Å². The predicted molar refractivity (Wildman–Crippen MR) is 95.4 cm³/mol. The Morgan fingerprint density at radius 3 is 2.23 bits per heavy atom. The van der Waals surface area contributed by atoms with Crippen LogP contribution < -0.4 is 0 Å². The second-order valence-corrected chi connectivity index (χ2v) is 5.68. The van der Waals surface area contributed by atoms with Crippen LogP contribution in [0.4, 0.5) is 0 Å². The average Bonchev–Trinajstić information content (AvgIpc) is 2.95. The van der Waals surface area contributed by atoms with E-state index in [4.69, 9.17) is 14.2 Å². The zero-order valence-corrected chi connectivity index (χ0v) is 14.5. The van der Waals surface area contributed by atoms with Gasteiger partial charge in [0.1, 0.15) is 12.2 Å². The lowest BCUT2D eigenvalue weighted by Crippen LogP contribution is -2.10. The zero-order valence-electron chi connectivity index (χ0n) is 14.5. The molecule has 1 aliphatic heterocycles. The third kappa shape index (κ3) is 3.52. The van der Waals surface area contributed by atoms with Crippen LogP contribution in [0.5, 0.6) is 0 Å². The molecule has 0 saturated carbocycles. The molecule has 1 aliphatic rings. The Labute approximate surface area is 151 Å². The first-order valence-corrected chi connectivity index (χ1v) is 8.10. The molecule has 0 unspecified atom stereocenters. The minimum absolute atomic E-state index is 0.0847. The van der Waals surface area contributed by atoms with Crippen molar-refractivity contribution in [1.82, 2.24) is 0 Å². The fraction of sp³-hybridized carbons (Fsp3) is 0.143. The third-order valence-electron chi connectivity index (χ3n) is 3.95. The molecule has 0 aromatic heterocycles. The molecule has 0 saturated heterocycles. The van der Waals surface area contributed by atoms with Crippen LogP contribution in [0.2, 0.25) is 0 Å². The number of benzene rings is 2. The average molecular weight is 350 g/mol. The van der Waals surface area contributed by atoms with Gasteiger partial charge < -0.3 is 14.2 Å². The number of rotatable bonds is 5. The SMILES string of the molecule is COC(=O)/C(=C1/OC(=O)C(C)=C1OCc1ccccc1)c1ccccc1. The maximum absolute atomic E-state index is 12.4. The molecule has 26 heavy (non-hydrogen) atoms. The van der Waals surface area contributed by atoms with Gasteiger partial charge >= 0.3 is 11.9 Å². The Hall–Kier alpha value is -3.34. The Morgan fingerprint density at radius 1 is 1.00 bits per heavy atom. The molecule has 2 aromatic rings. The summed E-state index contributed by atoms with van der Waals surface area (Å²) in [6.07, 6.45) is 0. The highest BCUT2D eigenvalue weighted by Gasteiger charge is 2.34. The van der Waals surface area contributed by atoms with Gasteiger partial charge in [-0.3, -0.25) is 0 Å². The van der Waals surface area contributed by atoms with Gasteiger partial charge in [0.05, 0.1) is 12.7 Å². The van der Waals surface area contributed by atoms with Gasteiger partial charge in [0.15, 0.2) is 11.5 Å². The standard InChI is InChI=1S/C21H18O5/c1-14-18(25-13-15-9-5-3-6-10-15)19(26-20(14)22)17(21(23)24-2)16-11-7-4-8-12-16/h3-12H,13H2,1-2H3/b19-17+. The van der Waals surface area contributed by atoms with Crippen molar-refractivity contribution in [3.05, 3.63) is 88.9 Å². The van der Waals surface area contributed by atoms with Crippen LogP contribution in [-0.4, -0.2) is 19.0 Å². The molecule has 1 heterocycles. The number of hydrogen-bond donors (Lipinski definition) is 0. The Kier molecular flexibility index (Phi) is 5.17. The van der Waals surface area contributed by atoms with Crippen molar-refractivity contribution >= 4 is 17.5 Å². The van der Waals surface area contributed by atoms with E-state index < -0.39 is 11.9 Å². The Morgan fingerprint density at radius 2 is 1.62 bits per heavy atom. The highest BCUT2D eigenvalue weighted by atomic mass is 16.6. The number of carbonyl (C=O) groups excluding carboxylic acids is 2. The summed E-state index contributed by atoms with van der Waals surface area (Å²) < 4.78 is 16.1. The van der Waals surface area contributed by atoms with E-state index >= 15 is 0 Å². The van der Waals surface area contributed by atoms with Crippen LogP contribution in [0.25, 0.3) is 5.57 Å². The molecule has 5 heteroatoms. The van der Waals surface area contributed by atoms with Crippen LogP contribution in [0.3, 0.4) is 0 Å². The lowest BCUT2D eigenvalue weighted by atomic mass is 10.0. The number of ether oxygens (including phenoxy) is 3. The van der Waals surface area contributed by atoms with Crippen LogP contribution >= 0.6 is 0 Å². The lowest BCUT2D eigenvalue weighted by Gasteiger charge is -2.13. The van der Waals surface area contributed by atoms with E-state index in [2.05, 4.69) is 0 Å². The number of carbonyl (C=O) groups is 2. The van der Waals surface area contributed by atoms with Gasteiger partial charge in [-0.15, -0.1) is 0 Å². The zero-order chi connectivity index (χ0) is 18.5. The predicted octanol–water partition coefficient (Wildman–Crippen LogP) is 3.62. The lowest BCUT2D eigenvalue weighted by molar-refractivity contribution is -0.134. The van der Waals surface area contributed by atoms with Crippen molar-refractivity contribution in [1.29, 1.82) is 0 Å². The highest BCUT2D eigenvalue weighted by molar-refractivity contribution is 6.19. The van der Waals surface area contributed by atoms with E-state index in [1.807, 2.05) is 36.4 Å². The molecule has 0 fully saturated rings. The second-order valence-electron chi connectivity index (χ2n) is 5.68. The highest BCUT2D eigenvalue weighted by Crippen LogP contribution is 2.34. The molecule has 3 rings (SSSR count). The molecule has 0 radical (unpaired) electrons. The smallest absolute Gasteiger partial charge is 0.343 e. The maximum atomic E-state index is 12.4. The van der Waals surface area contributed by atoms with E-state index in [1.165, 1.54) is 7.11 Å². The summed E-state index contributed by atoms with van der Waals surface area (Å²) in [4.78, 5) is 24.5. The maximum Gasteiger partial charge on any atom is 0.343 e. The van der Waals surface area contributed by atoms with Crippen molar-refractivity contribution in [2.45, 2.75) is 13.5 Å². The quantitative estimate of drug-likeness (QED) is 0.609. The molecule has 0 aliphatic carbocycles. The van der Waals surface area contributed by atoms with E-state index in [0.29, 0.717) is 11.1 Å². The first-order valence-electron chi connectivity index (χ1n) is 8.10. The van der Waals surface area contributed by atoms with Gasteiger partial charge in [-0.05, 0) is 18.1 Å². The first-order chi connectivity index (χ1) is 12.6. The van der Waals surface area contributed by atoms with Gasteiger partial charge in [0.25, 0.3) is 0 Å². The number of hydrogen-bond acceptors (Lipinski definition) is 5. The van der Waals surface area contributed by atoms with Gasteiger partial charge in [-0.2, -0.15) is 0 Å². The first kappa shape index (κ1) is 17.5. The molecule has 0 N–H and O–H groups in total. The number of cyclic esters (lactones) is 1. The molecular formula is C21H18O5. The van der Waals surface area contributed by atoms with Gasteiger partial charge in [-0.25, -0.2) is 9.59 Å². The molecule has 2 aromatic carbocycles. The summed E-state index contributed by atoms with van der Waals surface area (Å²) in [5, 5.41) is 0. The number of methoxy groups -OCH3 is 1. The van der Waals surface area contributed by atoms with Gasteiger partial charge in [0, 0.05) is 0 Å². The molecule has 0 bridgehead atoms. The second kappa shape index (κ2) is 7.70. The minimum atomic E-state index is -0.602. The largest absolute Gasteiger partial charge is 0.484 e. The molecular weight excluding hydrogens is 332 g/mol. The minimum Gasteiger partial charge on any atom is -0.484 e. The fourth-order valence-corrected chi connectivity index (χ4v) is 2.60. The van der Waals surface area contributed by atoms with E-state index in [0.717, 1.165) is 5.56 Å². The summed E-state index contributed by atoms with van der Waals surface area (Å²) >= 11 is 0. The van der Waals surface area contributed by atoms with Crippen molar-refractivity contribution in [3.8, 4) is 0 Å². The van der Waals surface area contributed by atoms with Crippen LogP contribution in [-0.2, 0) is 30.4 Å². The monoisotopic (exact) mass is 350 g/mol. The molecule has 0 amide bonds. The third-order valence-corrected chi connectivity index (χ3v) is 3.95. The van der Waals surface area contributed by atoms with Crippen molar-refractivity contribution < 1.29 is 23.8 Å².